The normalized spacial score (nSPS) is 12.2. The molecule has 1 unspecified atom stereocenters. The van der Waals surface area contributed by atoms with Gasteiger partial charge in [0.05, 0.1) is 0 Å². The summed E-state index contributed by atoms with van der Waals surface area (Å²) in [5.74, 6) is 0.0516. The lowest BCUT2D eigenvalue weighted by Crippen LogP contribution is -2.25. The second-order valence-electron chi connectivity index (χ2n) is 15.8. The molecule has 1 atom stereocenters. The number of ether oxygens (including phenoxy) is 2. The van der Waals surface area contributed by atoms with Gasteiger partial charge in [0.25, 0.3) is 0 Å². The molecule has 0 radical (unpaired) electrons. The van der Waals surface area contributed by atoms with Crippen LogP contribution in [0.5, 0.6) is 0 Å². The third-order valence-electron chi connectivity index (χ3n) is 10.8. The molecule has 0 bridgehead atoms. The Labute approximate surface area is 319 Å². The molecule has 0 aliphatic carbocycles. The summed E-state index contributed by atoms with van der Waals surface area (Å²) < 4.78 is 12.0. The molecule has 0 amide bonds. The number of rotatable bonds is 41. The van der Waals surface area contributed by atoms with E-state index in [4.69, 9.17) is 9.47 Å². The molecule has 0 aliphatic rings. The maximum Gasteiger partial charge on any atom is 0.306 e. The third-order valence-corrected chi connectivity index (χ3v) is 10.8. The molecule has 5 heteroatoms. The molecule has 0 fully saturated rings. The zero-order valence-electron chi connectivity index (χ0n) is 35.4. The number of unbranched alkanes of at least 4 members (excludes halogenated alkanes) is 22. The number of carbonyl (C=O) groups excluding carboxylic acids is 2. The van der Waals surface area contributed by atoms with Crippen molar-refractivity contribution in [3.63, 3.8) is 0 Å². The fourth-order valence-electron chi connectivity index (χ4n) is 7.25. The van der Waals surface area contributed by atoms with Crippen molar-refractivity contribution in [1.29, 1.82) is 0 Å². The highest BCUT2D eigenvalue weighted by atomic mass is 16.5. The van der Waals surface area contributed by atoms with Gasteiger partial charge in [0.15, 0.2) is 0 Å². The summed E-state index contributed by atoms with van der Waals surface area (Å²) in [5.41, 5.74) is 0. The molecule has 0 N–H and O–H groups in total. The lowest BCUT2D eigenvalue weighted by atomic mass is 10.0. The molecule has 0 rings (SSSR count). The standard InChI is InChI=1S/C46H91NO4/c1-6-11-15-18-22-28-36-43(35-14-9-4)50-46(49)40-32-27-34-42-47(10-5)41-33-26-21-25-31-39-45(48)51-44(37-29-23-19-16-12-7-2)38-30-24-20-17-13-8-3/h43-44H,6-42H2,1-5H3. The highest BCUT2D eigenvalue weighted by molar-refractivity contribution is 5.69. The van der Waals surface area contributed by atoms with E-state index >= 15 is 0 Å². The number of hydrogen-bond acceptors (Lipinski definition) is 5. The summed E-state index contributed by atoms with van der Waals surface area (Å²) in [6, 6.07) is 0. The van der Waals surface area contributed by atoms with Gasteiger partial charge in [-0.1, -0.05) is 169 Å². The second kappa shape index (κ2) is 40.1. The van der Waals surface area contributed by atoms with Gasteiger partial charge >= 0.3 is 11.9 Å². The summed E-state index contributed by atoms with van der Waals surface area (Å²) in [7, 11) is 0. The molecule has 0 aromatic carbocycles. The Morgan fingerprint density at radius 2 is 0.667 bits per heavy atom. The van der Waals surface area contributed by atoms with E-state index in [-0.39, 0.29) is 24.1 Å². The topological polar surface area (TPSA) is 55.8 Å². The summed E-state index contributed by atoms with van der Waals surface area (Å²) in [6.07, 6.45) is 40.0. The number of esters is 2. The lowest BCUT2D eigenvalue weighted by molar-refractivity contribution is -0.151. The molecule has 0 aromatic rings. The Morgan fingerprint density at radius 3 is 1.04 bits per heavy atom. The largest absolute Gasteiger partial charge is 0.462 e. The predicted octanol–water partition coefficient (Wildman–Crippen LogP) is 14.5. The predicted molar refractivity (Wildman–Crippen MR) is 222 cm³/mol. The van der Waals surface area contributed by atoms with E-state index in [0.717, 1.165) is 90.3 Å². The molecule has 0 saturated carbocycles. The summed E-state index contributed by atoms with van der Waals surface area (Å²) in [4.78, 5) is 27.8. The quantitative estimate of drug-likeness (QED) is 0.0465. The molecular formula is C46H91NO4. The van der Waals surface area contributed by atoms with Crippen LogP contribution in [0.1, 0.15) is 253 Å². The highest BCUT2D eigenvalue weighted by Crippen LogP contribution is 2.19. The first kappa shape index (κ1) is 49.9. The van der Waals surface area contributed by atoms with Gasteiger partial charge in [0, 0.05) is 12.8 Å². The molecule has 0 heterocycles. The van der Waals surface area contributed by atoms with Gasteiger partial charge in [0.2, 0.25) is 0 Å². The van der Waals surface area contributed by atoms with Crippen LogP contribution in [0.25, 0.3) is 0 Å². The van der Waals surface area contributed by atoms with Crippen LogP contribution in [0.3, 0.4) is 0 Å². The number of nitrogens with zero attached hydrogens (tertiary/aromatic N) is 1. The van der Waals surface area contributed by atoms with Crippen LogP contribution < -0.4 is 0 Å². The first-order chi connectivity index (χ1) is 25.0. The minimum atomic E-state index is 0.0175. The average Bonchev–Trinajstić information content (AvgIpc) is 3.13. The van der Waals surface area contributed by atoms with Crippen LogP contribution in [0.4, 0.5) is 0 Å². The van der Waals surface area contributed by atoms with Crippen LogP contribution in [-0.4, -0.2) is 48.7 Å². The van der Waals surface area contributed by atoms with E-state index < -0.39 is 0 Å². The fourth-order valence-corrected chi connectivity index (χ4v) is 7.25. The van der Waals surface area contributed by atoms with Gasteiger partial charge in [-0.05, 0) is 90.3 Å². The van der Waals surface area contributed by atoms with E-state index in [1.807, 2.05) is 0 Å². The Kier molecular flexibility index (Phi) is 39.2. The van der Waals surface area contributed by atoms with Crippen molar-refractivity contribution in [1.82, 2.24) is 4.90 Å². The van der Waals surface area contributed by atoms with Gasteiger partial charge < -0.3 is 14.4 Å². The molecule has 0 saturated heterocycles. The van der Waals surface area contributed by atoms with Crippen molar-refractivity contribution in [2.45, 2.75) is 265 Å². The van der Waals surface area contributed by atoms with E-state index in [1.54, 1.807) is 0 Å². The Hall–Kier alpha value is -1.10. The summed E-state index contributed by atoms with van der Waals surface area (Å²) in [5, 5.41) is 0. The van der Waals surface area contributed by atoms with Crippen molar-refractivity contribution in [2.75, 3.05) is 19.6 Å². The van der Waals surface area contributed by atoms with Gasteiger partial charge in [-0.3, -0.25) is 9.59 Å². The SMILES string of the molecule is CCCCCCCCC(CCCC)OC(=O)CCCCCN(CC)CCCCCCCC(=O)OC(CCCCCCCC)CCCCCCCC. The zero-order valence-corrected chi connectivity index (χ0v) is 35.4. The first-order valence-corrected chi connectivity index (χ1v) is 23.1. The number of hydrogen-bond donors (Lipinski definition) is 0. The lowest BCUT2D eigenvalue weighted by Gasteiger charge is -2.20. The maximum absolute atomic E-state index is 12.7. The fraction of sp³-hybridized carbons (Fsp3) is 0.957. The first-order valence-electron chi connectivity index (χ1n) is 23.1. The van der Waals surface area contributed by atoms with Crippen LogP contribution in [0, 0.1) is 0 Å². The maximum atomic E-state index is 12.7. The zero-order chi connectivity index (χ0) is 37.5. The van der Waals surface area contributed by atoms with E-state index in [1.165, 1.54) is 135 Å². The molecule has 304 valence electrons. The molecule has 0 aliphatic heterocycles. The van der Waals surface area contributed by atoms with Crippen LogP contribution >= 0.6 is 0 Å². The van der Waals surface area contributed by atoms with Crippen molar-refractivity contribution < 1.29 is 19.1 Å². The monoisotopic (exact) mass is 722 g/mol. The second-order valence-corrected chi connectivity index (χ2v) is 15.8. The van der Waals surface area contributed by atoms with Crippen LogP contribution in [0.2, 0.25) is 0 Å². The highest BCUT2D eigenvalue weighted by Gasteiger charge is 2.15. The van der Waals surface area contributed by atoms with Gasteiger partial charge in [-0.15, -0.1) is 0 Å². The van der Waals surface area contributed by atoms with Crippen molar-refractivity contribution in [3.8, 4) is 0 Å². The summed E-state index contributed by atoms with van der Waals surface area (Å²) in [6.45, 7) is 14.6. The molecule has 51 heavy (non-hydrogen) atoms. The Bertz CT molecular complexity index is 712. The Balaban J connectivity index is 4.10. The number of carbonyl (C=O) groups is 2. The van der Waals surface area contributed by atoms with Crippen LogP contribution in [-0.2, 0) is 19.1 Å². The van der Waals surface area contributed by atoms with Crippen molar-refractivity contribution >= 4 is 11.9 Å². The minimum absolute atomic E-state index is 0.0175. The van der Waals surface area contributed by atoms with E-state index in [2.05, 4.69) is 39.5 Å². The molecular weight excluding hydrogens is 631 g/mol. The van der Waals surface area contributed by atoms with Crippen molar-refractivity contribution in [3.05, 3.63) is 0 Å². The Morgan fingerprint density at radius 1 is 0.373 bits per heavy atom. The molecule has 0 aromatic heterocycles. The minimum Gasteiger partial charge on any atom is -0.462 e. The van der Waals surface area contributed by atoms with Gasteiger partial charge in [0.1, 0.15) is 12.2 Å². The smallest absolute Gasteiger partial charge is 0.306 e. The van der Waals surface area contributed by atoms with E-state index in [0.29, 0.717) is 12.8 Å². The average molecular weight is 722 g/mol. The van der Waals surface area contributed by atoms with Gasteiger partial charge in [-0.25, -0.2) is 0 Å². The van der Waals surface area contributed by atoms with Crippen molar-refractivity contribution in [2.24, 2.45) is 0 Å². The third kappa shape index (κ3) is 35.7. The van der Waals surface area contributed by atoms with E-state index in [9.17, 15) is 9.59 Å². The molecule has 5 nitrogen and oxygen atoms in total. The van der Waals surface area contributed by atoms with Gasteiger partial charge in [-0.2, -0.15) is 0 Å². The van der Waals surface area contributed by atoms with Crippen LogP contribution in [0.15, 0.2) is 0 Å². The summed E-state index contributed by atoms with van der Waals surface area (Å²) >= 11 is 0. The molecule has 0 spiro atoms.